The molecule has 4 heteroatoms. The van der Waals surface area contributed by atoms with Crippen LogP contribution in [0.2, 0.25) is 15.1 Å². The van der Waals surface area contributed by atoms with Gasteiger partial charge in [-0.1, -0.05) is 53.0 Å². The van der Waals surface area contributed by atoms with E-state index < -0.39 is 0 Å². The standard InChI is InChI=1S/C18H14Cl3N/c19-10-5-7-17-15(8-10)12-2-1-3-13(12)18(22-17)14-6-4-11(20)9-16(14)21/h1-2,4-9,12-13,18,22H,3H2/t12-,13+,18+/m0/s1. The molecule has 0 aromatic heterocycles. The second kappa shape index (κ2) is 5.49. The lowest BCUT2D eigenvalue weighted by Crippen LogP contribution is -2.29. The molecule has 3 atom stereocenters. The Morgan fingerprint density at radius 1 is 0.909 bits per heavy atom. The van der Waals surface area contributed by atoms with Crippen molar-refractivity contribution in [3.05, 3.63) is 74.7 Å². The third kappa shape index (κ3) is 2.32. The van der Waals surface area contributed by atoms with E-state index >= 15 is 0 Å². The molecule has 2 aliphatic rings. The zero-order chi connectivity index (χ0) is 15.3. The molecule has 1 heterocycles. The molecule has 0 bridgehead atoms. The minimum Gasteiger partial charge on any atom is -0.378 e. The fraction of sp³-hybridized carbons (Fsp3) is 0.222. The number of hydrogen-bond donors (Lipinski definition) is 1. The zero-order valence-electron chi connectivity index (χ0n) is 11.7. The Morgan fingerprint density at radius 2 is 1.68 bits per heavy atom. The molecule has 22 heavy (non-hydrogen) atoms. The molecule has 0 fully saturated rings. The van der Waals surface area contributed by atoms with Gasteiger partial charge in [0, 0.05) is 26.7 Å². The second-order valence-corrected chi connectivity index (χ2v) is 7.15. The van der Waals surface area contributed by atoms with Gasteiger partial charge in [-0.25, -0.2) is 0 Å². The van der Waals surface area contributed by atoms with E-state index in [1.54, 1.807) is 0 Å². The lowest BCUT2D eigenvalue weighted by atomic mass is 9.77. The molecule has 4 rings (SSSR count). The van der Waals surface area contributed by atoms with Crippen molar-refractivity contribution >= 4 is 40.5 Å². The van der Waals surface area contributed by atoms with Crippen LogP contribution < -0.4 is 5.32 Å². The van der Waals surface area contributed by atoms with Crippen LogP contribution in [0.3, 0.4) is 0 Å². The zero-order valence-corrected chi connectivity index (χ0v) is 14.0. The molecule has 2 aromatic carbocycles. The minimum atomic E-state index is 0.179. The van der Waals surface area contributed by atoms with Crippen LogP contribution in [0.15, 0.2) is 48.6 Å². The van der Waals surface area contributed by atoms with E-state index in [-0.39, 0.29) is 6.04 Å². The summed E-state index contributed by atoms with van der Waals surface area (Å²) in [5.74, 6) is 0.830. The van der Waals surface area contributed by atoms with Crippen LogP contribution in [-0.4, -0.2) is 0 Å². The molecule has 0 amide bonds. The second-order valence-electron chi connectivity index (χ2n) is 5.87. The Bertz CT molecular complexity index is 769. The Morgan fingerprint density at radius 3 is 2.50 bits per heavy atom. The van der Waals surface area contributed by atoms with Crippen molar-refractivity contribution in [1.82, 2.24) is 0 Å². The molecule has 1 aliphatic heterocycles. The fourth-order valence-electron chi connectivity index (χ4n) is 3.63. The van der Waals surface area contributed by atoms with Gasteiger partial charge in [0.1, 0.15) is 0 Å². The fourth-order valence-corrected chi connectivity index (χ4v) is 4.33. The number of hydrogen-bond acceptors (Lipinski definition) is 1. The number of allylic oxidation sites excluding steroid dienone is 2. The number of fused-ring (bicyclic) bond motifs is 3. The highest BCUT2D eigenvalue weighted by molar-refractivity contribution is 6.35. The van der Waals surface area contributed by atoms with Gasteiger partial charge in [-0.3, -0.25) is 0 Å². The van der Waals surface area contributed by atoms with Gasteiger partial charge < -0.3 is 5.32 Å². The lowest BCUT2D eigenvalue weighted by Gasteiger charge is -2.38. The maximum Gasteiger partial charge on any atom is 0.0568 e. The Hall–Kier alpha value is -1.15. The molecule has 0 saturated heterocycles. The maximum atomic E-state index is 6.44. The van der Waals surface area contributed by atoms with Crippen LogP contribution in [0.5, 0.6) is 0 Å². The molecule has 1 nitrogen and oxygen atoms in total. The van der Waals surface area contributed by atoms with E-state index in [1.165, 1.54) is 5.56 Å². The first kappa shape index (κ1) is 14.4. The molecule has 2 aromatic rings. The molecular formula is C18H14Cl3N. The summed E-state index contributed by atoms with van der Waals surface area (Å²) in [4.78, 5) is 0. The van der Waals surface area contributed by atoms with Crippen LogP contribution in [0, 0.1) is 5.92 Å². The Balaban J connectivity index is 1.81. The van der Waals surface area contributed by atoms with E-state index in [0.29, 0.717) is 21.9 Å². The summed E-state index contributed by atoms with van der Waals surface area (Å²) in [5, 5.41) is 5.81. The van der Waals surface area contributed by atoms with Gasteiger partial charge in [-0.2, -0.15) is 0 Å². The van der Waals surface area contributed by atoms with Crippen LogP contribution in [-0.2, 0) is 0 Å². The highest BCUT2D eigenvalue weighted by Gasteiger charge is 2.38. The number of halogens is 3. The van der Waals surface area contributed by atoms with Crippen LogP contribution in [0.4, 0.5) is 5.69 Å². The normalized spacial score (nSPS) is 25.5. The summed E-state index contributed by atoms with van der Waals surface area (Å²) in [6.07, 6.45) is 5.58. The quantitative estimate of drug-likeness (QED) is 0.581. The molecule has 0 spiro atoms. The van der Waals surface area contributed by atoms with E-state index in [1.807, 2.05) is 24.3 Å². The van der Waals surface area contributed by atoms with Crippen LogP contribution in [0.25, 0.3) is 0 Å². The van der Waals surface area contributed by atoms with Crippen molar-refractivity contribution in [2.45, 2.75) is 18.4 Å². The molecule has 0 saturated carbocycles. The van der Waals surface area contributed by atoms with E-state index in [4.69, 9.17) is 34.8 Å². The first-order valence-electron chi connectivity index (χ1n) is 7.31. The van der Waals surface area contributed by atoms with Crippen LogP contribution >= 0.6 is 34.8 Å². The molecule has 1 aliphatic carbocycles. The maximum absolute atomic E-state index is 6.44. The van der Waals surface area contributed by atoms with Gasteiger partial charge in [-0.05, 0) is 53.8 Å². The summed E-state index contributed by atoms with van der Waals surface area (Å²) in [5.41, 5.74) is 3.51. The monoisotopic (exact) mass is 349 g/mol. The highest BCUT2D eigenvalue weighted by Crippen LogP contribution is 2.51. The van der Waals surface area contributed by atoms with Gasteiger partial charge >= 0.3 is 0 Å². The van der Waals surface area contributed by atoms with Gasteiger partial charge in [-0.15, -0.1) is 0 Å². The molecule has 1 N–H and O–H groups in total. The third-order valence-corrected chi connectivity index (χ3v) is 5.42. The molecule has 0 unspecified atom stereocenters. The smallest absolute Gasteiger partial charge is 0.0568 e. The molecular weight excluding hydrogens is 337 g/mol. The largest absolute Gasteiger partial charge is 0.378 e. The SMILES string of the molecule is Clc1ccc([C@@H]2Nc3ccc(Cl)cc3[C@H]3C=CC[C@H]32)c(Cl)c1. The molecule has 112 valence electrons. The predicted molar refractivity (Wildman–Crippen MR) is 94.3 cm³/mol. The Labute approximate surface area is 144 Å². The van der Waals surface area contributed by atoms with Crippen molar-refractivity contribution in [3.63, 3.8) is 0 Å². The number of nitrogens with one attached hydrogen (secondary N) is 1. The van der Waals surface area contributed by atoms with E-state index in [9.17, 15) is 0 Å². The van der Waals surface area contributed by atoms with Gasteiger partial charge in [0.2, 0.25) is 0 Å². The van der Waals surface area contributed by atoms with Gasteiger partial charge in [0.25, 0.3) is 0 Å². The van der Waals surface area contributed by atoms with Gasteiger partial charge in [0.05, 0.1) is 6.04 Å². The predicted octanol–water partition coefficient (Wildman–Crippen LogP) is 6.47. The van der Waals surface area contributed by atoms with Crippen molar-refractivity contribution in [3.8, 4) is 0 Å². The summed E-state index contributed by atoms with van der Waals surface area (Å²) in [6.45, 7) is 0. The highest BCUT2D eigenvalue weighted by atomic mass is 35.5. The summed E-state index contributed by atoms with van der Waals surface area (Å²) >= 11 is 18.6. The van der Waals surface area contributed by atoms with E-state index in [0.717, 1.165) is 22.7 Å². The number of benzene rings is 2. The summed E-state index contributed by atoms with van der Waals surface area (Å²) < 4.78 is 0. The van der Waals surface area contributed by atoms with Crippen molar-refractivity contribution in [2.75, 3.05) is 5.32 Å². The summed E-state index contributed by atoms with van der Waals surface area (Å²) in [7, 11) is 0. The first-order valence-corrected chi connectivity index (χ1v) is 8.44. The van der Waals surface area contributed by atoms with Crippen molar-refractivity contribution in [2.24, 2.45) is 5.92 Å². The topological polar surface area (TPSA) is 12.0 Å². The number of anilines is 1. The lowest BCUT2D eigenvalue weighted by molar-refractivity contribution is 0.426. The first-order chi connectivity index (χ1) is 10.6. The Kier molecular flexibility index (Phi) is 3.60. The minimum absolute atomic E-state index is 0.179. The van der Waals surface area contributed by atoms with Crippen LogP contribution in [0.1, 0.15) is 29.5 Å². The third-order valence-electron chi connectivity index (χ3n) is 4.62. The van der Waals surface area contributed by atoms with Crippen molar-refractivity contribution < 1.29 is 0 Å². The van der Waals surface area contributed by atoms with Gasteiger partial charge in [0.15, 0.2) is 0 Å². The average molecular weight is 351 g/mol. The van der Waals surface area contributed by atoms with E-state index in [2.05, 4.69) is 29.6 Å². The number of rotatable bonds is 1. The average Bonchev–Trinajstić information content (AvgIpc) is 2.97. The summed E-state index contributed by atoms with van der Waals surface area (Å²) in [6, 6.07) is 12.0. The van der Waals surface area contributed by atoms with Crippen molar-refractivity contribution in [1.29, 1.82) is 0 Å². The molecule has 0 radical (unpaired) electrons.